The molecule has 0 aliphatic heterocycles. The van der Waals surface area contributed by atoms with Gasteiger partial charge in [-0.3, -0.25) is 0 Å². The molecule has 0 unspecified atom stereocenters. The average molecular weight is 357 g/mol. The monoisotopic (exact) mass is 358 g/mol. The first kappa shape index (κ1) is 14.6. The molecule has 0 amide bonds. The average Bonchev–Trinajstić information content (AvgIpc) is 2.13. The van der Waals surface area contributed by atoms with Crippen LogP contribution in [0.5, 0.6) is 5.75 Å². The summed E-state index contributed by atoms with van der Waals surface area (Å²) >= 11 is -2.77. The van der Waals surface area contributed by atoms with Crippen molar-refractivity contribution in [1.29, 1.82) is 0 Å². The van der Waals surface area contributed by atoms with Gasteiger partial charge in [0, 0.05) is 0 Å². The maximum absolute atomic E-state index is 14.0. The molecule has 0 saturated carbocycles. The maximum atomic E-state index is 14.0. The second-order valence-electron chi connectivity index (χ2n) is 4.76. The van der Waals surface area contributed by atoms with Crippen LogP contribution in [0.15, 0.2) is 12.1 Å². The number of benzene rings is 1. The van der Waals surface area contributed by atoms with E-state index in [9.17, 15) is 17.6 Å². The number of hydrogen-bond acceptors (Lipinski definition) is 1. The van der Waals surface area contributed by atoms with Crippen molar-refractivity contribution in [1.82, 2.24) is 0 Å². The van der Waals surface area contributed by atoms with Crippen LogP contribution in [0, 0.1) is 5.82 Å². The third-order valence-corrected chi connectivity index (χ3v) is 8.13. The van der Waals surface area contributed by atoms with Crippen molar-refractivity contribution in [2.75, 3.05) is 7.11 Å². The molecule has 96 valence electrons. The van der Waals surface area contributed by atoms with Gasteiger partial charge in [0.1, 0.15) is 0 Å². The fourth-order valence-electron chi connectivity index (χ4n) is 1.56. The van der Waals surface area contributed by atoms with Crippen LogP contribution in [-0.4, -0.2) is 25.5 Å². The van der Waals surface area contributed by atoms with E-state index >= 15 is 0 Å². The Bertz CT molecular complexity index is 421. The van der Waals surface area contributed by atoms with E-state index < -0.39 is 41.7 Å². The van der Waals surface area contributed by atoms with Gasteiger partial charge in [-0.15, -0.1) is 0 Å². The SMILES string of the molecule is COc1c(C(F)(F)F)cc[c]([Sn]([CH3])([CH3])[CH3])c1F. The molecule has 0 N–H and O–H groups in total. The van der Waals surface area contributed by atoms with Crippen LogP contribution in [0.4, 0.5) is 17.6 Å². The van der Waals surface area contributed by atoms with E-state index in [1.165, 1.54) is 6.07 Å². The number of methoxy groups -OCH3 is 1. The first-order valence-electron chi connectivity index (χ1n) is 5.03. The molecular formula is C11H14F4OSn. The summed E-state index contributed by atoms with van der Waals surface area (Å²) in [7, 11) is 1.05. The summed E-state index contributed by atoms with van der Waals surface area (Å²) in [6, 6.07) is 2.15. The van der Waals surface area contributed by atoms with Crippen molar-refractivity contribution in [2.24, 2.45) is 0 Å². The zero-order valence-corrected chi connectivity index (χ0v) is 12.9. The van der Waals surface area contributed by atoms with Crippen molar-refractivity contribution in [3.05, 3.63) is 23.5 Å². The van der Waals surface area contributed by atoms with Gasteiger partial charge in [0.05, 0.1) is 0 Å². The minimum atomic E-state index is -4.60. The van der Waals surface area contributed by atoms with Crippen LogP contribution >= 0.6 is 0 Å². The second-order valence-corrected chi connectivity index (χ2v) is 19.1. The first-order valence-corrected chi connectivity index (χ1v) is 15.0. The molecule has 6 heteroatoms. The molecule has 1 aromatic rings. The summed E-state index contributed by atoms with van der Waals surface area (Å²) in [5.74, 6) is -1.55. The van der Waals surface area contributed by atoms with Crippen LogP contribution in [0.25, 0.3) is 0 Å². The Kier molecular flexibility index (Phi) is 4.00. The second kappa shape index (κ2) is 4.66. The summed E-state index contributed by atoms with van der Waals surface area (Å²) in [5.41, 5.74) is -1.06. The number of ether oxygens (including phenoxy) is 1. The van der Waals surface area contributed by atoms with Gasteiger partial charge in [0.25, 0.3) is 0 Å². The van der Waals surface area contributed by atoms with Gasteiger partial charge in [-0.05, 0) is 0 Å². The first-order chi connectivity index (χ1) is 7.59. The molecule has 0 heterocycles. The molecule has 0 aliphatic carbocycles. The summed E-state index contributed by atoms with van der Waals surface area (Å²) in [4.78, 5) is 5.79. The van der Waals surface area contributed by atoms with Gasteiger partial charge in [0.15, 0.2) is 0 Å². The molecule has 0 saturated heterocycles. The van der Waals surface area contributed by atoms with E-state index in [4.69, 9.17) is 0 Å². The van der Waals surface area contributed by atoms with E-state index in [1.807, 2.05) is 14.8 Å². The molecule has 1 nitrogen and oxygen atoms in total. The number of alkyl halides is 3. The van der Waals surface area contributed by atoms with E-state index in [0.29, 0.717) is 3.58 Å². The van der Waals surface area contributed by atoms with E-state index in [2.05, 4.69) is 4.74 Å². The van der Waals surface area contributed by atoms with Crippen molar-refractivity contribution in [2.45, 2.75) is 21.0 Å². The summed E-state index contributed by atoms with van der Waals surface area (Å²) in [6.45, 7) is 0. The van der Waals surface area contributed by atoms with Crippen LogP contribution in [-0.2, 0) is 6.18 Å². The van der Waals surface area contributed by atoms with Crippen LogP contribution < -0.4 is 8.32 Å². The Balaban J connectivity index is 3.49. The summed E-state index contributed by atoms with van der Waals surface area (Å²) in [5, 5.41) is 0. The van der Waals surface area contributed by atoms with Gasteiger partial charge in [0.2, 0.25) is 0 Å². The third kappa shape index (κ3) is 3.05. The number of rotatable bonds is 2. The van der Waals surface area contributed by atoms with E-state index in [1.54, 1.807) is 0 Å². The molecule has 0 spiro atoms. The topological polar surface area (TPSA) is 9.23 Å². The Labute approximate surface area is 102 Å². The number of hydrogen-bond donors (Lipinski definition) is 0. The summed E-state index contributed by atoms with van der Waals surface area (Å²) < 4.78 is 56.8. The normalized spacial score (nSPS) is 12.7. The zero-order valence-electron chi connectivity index (χ0n) is 10.1. The Morgan fingerprint density at radius 3 is 2.00 bits per heavy atom. The fraction of sp³-hybridized carbons (Fsp3) is 0.455. The predicted octanol–water partition coefficient (Wildman–Crippen LogP) is 3.40. The molecule has 0 aromatic heterocycles. The third-order valence-electron chi connectivity index (χ3n) is 2.41. The molecule has 0 fully saturated rings. The predicted molar refractivity (Wildman–Crippen MR) is 60.9 cm³/mol. The van der Waals surface area contributed by atoms with Gasteiger partial charge >= 0.3 is 102 Å². The Morgan fingerprint density at radius 2 is 1.65 bits per heavy atom. The molecular weight excluding hydrogens is 343 g/mol. The quantitative estimate of drug-likeness (QED) is 0.583. The van der Waals surface area contributed by atoms with Gasteiger partial charge in [-0.1, -0.05) is 0 Å². The minimum absolute atomic E-state index is 0.407. The van der Waals surface area contributed by atoms with Gasteiger partial charge < -0.3 is 0 Å². The van der Waals surface area contributed by atoms with Crippen LogP contribution in [0.1, 0.15) is 5.56 Å². The molecule has 1 rings (SSSR count). The molecule has 0 aliphatic rings. The van der Waals surface area contributed by atoms with E-state index in [-0.39, 0.29) is 0 Å². The van der Waals surface area contributed by atoms with E-state index in [0.717, 1.165) is 13.2 Å². The standard InChI is InChI=1S/C8H5F4O.3CH3.Sn/c1-13-7-5(8(10,11)12)3-2-4-6(7)9;;;;/h2-3H,1H3;3*1H3;. The van der Waals surface area contributed by atoms with Gasteiger partial charge in [-0.2, -0.15) is 0 Å². The molecule has 0 atom stereocenters. The van der Waals surface area contributed by atoms with Gasteiger partial charge in [-0.25, -0.2) is 0 Å². The Hall–Kier alpha value is -0.461. The number of halogens is 4. The molecule has 0 bridgehead atoms. The van der Waals surface area contributed by atoms with Crippen molar-refractivity contribution >= 4 is 22.0 Å². The van der Waals surface area contributed by atoms with Crippen molar-refractivity contribution in [3.63, 3.8) is 0 Å². The van der Waals surface area contributed by atoms with Crippen LogP contribution in [0.2, 0.25) is 14.8 Å². The molecule has 1 aromatic carbocycles. The fourth-order valence-corrected chi connectivity index (χ4v) is 5.43. The summed E-state index contributed by atoms with van der Waals surface area (Å²) in [6.07, 6.45) is -4.60. The molecule has 17 heavy (non-hydrogen) atoms. The Morgan fingerprint density at radius 1 is 1.12 bits per heavy atom. The molecule has 0 radical (unpaired) electrons. The van der Waals surface area contributed by atoms with Crippen molar-refractivity contribution in [3.8, 4) is 5.75 Å². The van der Waals surface area contributed by atoms with Crippen molar-refractivity contribution < 1.29 is 22.3 Å². The van der Waals surface area contributed by atoms with Crippen LogP contribution in [0.3, 0.4) is 0 Å². The zero-order chi connectivity index (χ0) is 13.4.